The lowest BCUT2D eigenvalue weighted by molar-refractivity contribution is -0.134. The minimum atomic E-state index is -4.08. The van der Waals surface area contributed by atoms with E-state index in [4.69, 9.17) is 10.5 Å². The summed E-state index contributed by atoms with van der Waals surface area (Å²) < 4.78 is 40.9. The molecule has 0 aliphatic carbocycles. The lowest BCUT2D eigenvalue weighted by Gasteiger charge is -2.09. The van der Waals surface area contributed by atoms with E-state index in [1.165, 1.54) is 18.9 Å². The Hall–Kier alpha value is -1.04. The SMILES string of the molecule is COc1cc(N)ccc1SCCCC(F)(F)F. The van der Waals surface area contributed by atoms with Crippen molar-refractivity contribution in [2.24, 2.45) is 0 Å². The fourth-order valence-electron chi connectivity index (χ4n) is 1.26. The van der Waals surface area contributed by atoms with Gasteiger partial charge in [0, 0.05) is 23.1 Å². The Morgan fingerprint density at radius 3 is 2.65 bits per heavy atom. The van der Waals surface area contributed by atoms with E-state index in [0.717, 1.165) is 4.90 Å². The molecule has 0 unspecified atom stereocenters. The van der Waals surface area contributed by atoms with Gasteiger partial charge in [-0.3, -0.25) is 0 Å². The van der Waals surface area contributed by atoms with Crippen LogP contribution in [0, 0.1) is 0 Å². The highest BCUT2D eigenvalue weighted by atomic mass is 32.2. The van der Waals surface area contributed by atoms with Crippen LogP contribution in [0.2, 0.25) is 0 Å². The quantitative estimate of drug-likeness (QED) is 0.500. The van der Waals surface area contributed by atoms with E-state index in [1.54, 1.807) is 18.2 Å². The van der Waals surface area contributed by atoms with E-state index in [1.807, 2.05) is 0 Å². The molecule has 0 bridgehead atoms. The van der Waals surface area contributed by atoms with E-state index in [-0.39, 0.29) is 6.42 Å². The Bertz CT molecular complexity index is 368. The smallest absolute Gasteiger partial charge is 0.389 e. The van der Waals surface area contributed by atoms with Crippen LogP contribution in [0.15, 0.2) is 23.1 Å². The third kappa shape index (κ3) is 5.21. The number of rotatable bonds is 5. The second-order valence-corrected chi connectivity index (χ2v) is 4.61. The third-order valence-corrected chi connectivity index (χ3v) is 3.19. The van der Waals surface area contributed by atoms with Crippen LogP contribution >= 0.6 is 11.8 Å². The average molecular weight is 265 g/mol. The Morgan fingerprint density at radius 1 is 1.35 bits per heavy atom. The first-order valence-corrected chi connectivity index (χ1v) is 6.04. The second-order valence-electron chi connectivity index (χ2n) is 3.48. The number of hydrogen-bond donors (Lipinski definition) is 1. The lowest BCUT2D eigenvalue weighted by Crippen LogP contribution is -2.06. The largest absolute Gasteiger partial charge is 0.496 e. The summed E-state index contributed by atoms with van der Waals surface area (Å²) in [4.78, 5) is 0.809. The van der Waals surface area contributed by atoms with Gasteiger partial charge in [-0.05, 0) is 24.3 Å². The van der Waals surface area contributed by atoms with Gasteiger partial charge in [-0.2, -0.15) is 13.2 Å². The van der Waals surface area contributed by atoms with Crippen molar-refractivity contribution in [3.05, 3.63) is 18.2 Å². The van der Waals surface area contributed by atoms with Crippen LogP contribution in [-0.4, -0.2) is 19.0 Å². The summed E-state index contributed by atoms with van der Waals surface area (Å²) in [6.45, 7) is 0. The van der Waals surface area contributed by atoms with Crippen molar-refractivity contribution in [1.82, 2.24) is 0 Å². The predicted molar refractivity (Wildman–Crippen MR) is 63.4 cm³/mol. The van der Waals surface area contributed by atoms with Crippen LogP contribution in [0.1, 0.15) is 12.8 Å². The van der Waals surface area contributed by atoms with Crippen LogP contribution in [0.4, 0.5) is 18.9 Å². The van der Waals surface area contributed by atoms with Gasteiger partial charge in [0.25, 0.3) is 0 Å². The molecule has 0 fully saturated rings. The highest BCUT2D eigenvalue weighted by molar-refractivity contribution is 7.99. The molecule has 0 radical (unpaired) electrons. The van der Waals surface area contributed by atoms with Crippen molar-refractivity contribution in [3.8, 4) is 5.75 Å². The van der Waals surface area contributed by atoms with Gasteiger partial charge < -0.3 is 10.5 Å². The van der Waals surface area contributed by atoms with E-state index < -0.39 is 12.6 Å². The van der Waals surface area contributed by atoms with E-state index in [9.17, 15) is 13.2 Å². The van der Waals surface area contributed by atoms with Crippen LogP contribution in [0.25, 0.3) is 0 Å². The molecule has 6 heteroatoms. The van der Waals surface area contributed by atoms with Gasteiger partial charge in [0.15, 0.2) is 0 Å². The standard InChI is InChI=1S/C11H14F3NOS/c1-16-9-7-8(15)3-4-10(9)17-6-2-5-11(12,13)14/h3-4,7H,2,5-6,15H2,1H3. The molecule has 0 amide bonds. The third-order valence-electron chi connectivity index (χ3n) is 2.05. The monoisotopic (exact) mass is 265 g/mol. The molecule has 1 aromatic rings. The first-order chi connectivity index (χ1) is 7.92. The van der Waals surface area contributed by atoms with Gasteiger partial charge in [-0.1, -0.05) is 0 Å². The molecule has 1 rings (SSSR count). The summed E-state index contributed by atoms with van der Waals surface area (Å²) in [5, 5.41) is 0. The van der Waals surface area contributed by atoms with Gasteiger partial charge in [0.05, 0.1) is 7.11 Å². The van der Waals surface area contributed by atoms with Gasteiger partial charge in [-0.15, -0.1) is 11.8 Å². The van der Waals surface area contributed by atoms with Crippen LogP contribution < -0.4 is 10.5 Å². The zero-order valence-corrected chi connectivity index (χ0v) is 10.2. The number of ether oxygens (including phenoxy) is 1. The number of alkyl halides is 3. The van der Waals surface area contributed by atoms with E-state index >= 15 is 0 Å². The summed E-state index contributed by atoms with van der Waals surface area (Å²) in [6.07, 6.45) is -4.73. The first kappa shape index (κ1) is 14.0. The Kier molecular flexibility index (Phi) is 4.99. The lowest BCUT2D eigenvalue weighted by atomic mass is 10.3. The molecule has 0 spiro atoms. The Morgan fingerprint density at radius 2 is 2.06 bits per heavy atom. The normalized spacial score (nSPS) is 11.5. The Labute approximate surface area is 102 Å². The molecule has 0 saturated heterocycles. The number of hydrogen-bond acceptors (Lipinski definition) is 3. The van der Waals surface area contributed by atoms with Crippen molar-refractivity contribution in [3.63, 3.8) is 0 Å². The number of methoxy groups -OCH3 is 1. The van der Waals surface area contributed by atoms with Crippen LogP contribution in [0.3, 0.4) is 0 Å². The molecule has 0 atom stereocenters. The molecule has 0 aliphatic rings. The minimum Gasteiger partial charge on any atom is -0.496 e. The topological polar surface area (TPSA) is 35.2 Å². The van der Waals surface area contributed by atoms with Crippen molar-refractivity contribution >= 4 is 17.4 Å². The highest BCUT2D eigenvalue weighted by Gasteiger charge is 2.25. The van der Waals surface area contributed by atoms with Crippen molar-refractivity contribution in [2.75, 3.05) is 18.6 Å². The summed E-state index contributed by atoms with van der Waals surface area (Å²) in [5.74, 6) is 1.00. The van der Waals surface area contributed by atoms with Gasteiger partial charge >= 0.3 is 6.18 Å². The minimum absolute atomic E-state index is 0.0989. The molecule has 2 N–H and O–H groups in total. The summed E-state index contributed by atoms with van der Waals surface area (Å²) in [6, 6.07) is 5.12. The zero-order valence-electron chi connectivity index (χ0n) is 9.38. The molecular formula is C11H14F3NOS. The van der Waals surface area contributed by atoms with Crippen LogP contribution in [-0.2, 0) is 0 Å². The van der Waals surface area contributed by atoms with Gasteiger partial charge in [0.1, 0.15) is 5.75 Å². The maximum absolute atomic E-state index is 11.9. The summed E-state index contributed by atoms with van der Waals surface area (Å²) in [7, 11) is 1.51. The number of halogens is 3. The molecule has 0 saturated carbocycles. The average Bonchev–Trinajstić information content (AvgIpc) is 2.24. The van der Waals surface area contributed by atoms with E-state index in [2.05, 4.69) is 0 Å². The van der Waals surface area contributed by atoms with Gasteiger partial charge in [-0.25, -0.2) is 0 Å². The first-order valence-electron chi connectivity index (χ1n) is 5.05. The zero-order chi connectivity index (χ0) is 12.9. The molecule has 0 aromatic heterocycles. The van der Waals surface area contributed by atoms with Crippen LogP contribution in [0.5, 0.6) is 5.75 Å². The fraction of sp³-hybridized carbons (Fsp3) is 0.455. The van der Waals surface area contributed by atoms with Crippen molar-refractivity contribution in [2.45, 2.75) is 23.9 Å². The van der Waals surface area contributed by atoms with E-state index in [0.29, 0.717) is 17.2 Å². The molecule has 0 heterocycles. The number of benzene rings is 1. The Balaban J connectivity index is 2.46. The number of nitrogens with two attached hydrogens (primary N) is 1. The molecule has 17 heavy (non-hydrogen) atoms. The fourth-order valence-corrected chi connectivity index (χ4v) is 2.22. The number of thioether (sulfide) groups is 1. The molecule has 0 aliphatic heterocycles. The maximum atomic E-state index is 11.9. The highest BCUT2D eigenvalue weighted by Crippen LogP contribution is 2.32. The summed E-state index contributed by atoms with van der Waals surface area (Å²) >= 11 is 1.34. The number of nitrogen functional groups attached to an aromatic ring is 1. The second kappa shape index (κ2) is 6.05. The van der Waals surface area contributed by atoms with Crippen molar-refractivity contribution in [1.29, 1.82) is 0 Å². The molecular weight excluding hydrogens is 251 g/mol. The molecule has 1 aromatic carbocycles. The predicted octanol–water partition coefficient (Wildman–Crippen LogP) is 3.71. The molecule has 96 valence electrons. The molecule has 2 nitrogen and oxygen atoms in total. The number of anilines is 1. The van der Waals surface area contributed by atoms with Crippen molar-refractivity contribution < 1.29 is 17.9 Å². The van der Waals surface area contributed by atoms with Gasteiger partial charge in [0.2, 0.25) is 0 Å². The summed E-state index contributed by atoms with van der Waals surface area (Å²) in [5.41, 5.74) is 6.15. The maximum Gasteiger partial charge on any atom is 0.389 e.